The van der Waals surface area contributed by atoms with Gasteiger partial charge in [-0.1, -0.05) is 24.3 Å². The lowest BCUT2D eigenvalue weighted by molar-refractivity contribution is 1.45. The molecule has 6 N–H and O–H groups in total. The zero-order chi connectivity index (χ0) is 12.6. The van der Waals surface area contributed by atoms with Crippen LogP contribution in [0.15, 0.2) is 30.3 Å². The van der Waals surface area contributed by atoms with E-state index in [1.165, 1.54) is 0 Å². The highest BCUT2D eigenvalue weighted by atomic mass is 14.7. The summed E-state index contributed by atoms with van der Waals surface area (Å²) in [7, 11) is 0. The van der Waals surface area contributed by atoms with Gasteiger partial charge in [-0.05, 0) is 36.6 Å². The van der Waals surface area contributed by atoms with Gasteiger partial charge in [0.25, 0.3) is 0 Å². The molecule has 2 aromatic rings. The predicted octanol–water partition coefficient (Wildman–Crippen LogP) is 2.72. The van der Waals surface area contributed by atoms with Gasteiger partial charge in [0.15, 0.2) is 0 Å². The van der Waals surface area contributed by atoms with Gasteiger partial charge in [0.1, 0.15) is 0 Å². The van der Waals surface area contributed by atoms with E-state index in [2.05, 4.69) is 0 Å². The predicted molar refractivity (Wildman–Crippen MR) is 74.6 cm³/mol. The molecule has 2 rings (SSSR count). The molecular weight excluding hydrogens is 210 g/mol. The number of nitrogen functional groups attached to an aromatic ring is 3. The second-order valence-electron chi connectivity index (χ2n) is 4.33. The molecule has 3 heteroatoms. The second kappa shape index (κ2) is 4.01. The fourth-order valence-corrected chi connectivity index (χ4v) is 1.81. The van der Waals surface area contributed by atoms with Crippen molar-refractivity contribution < 1.29 is 0 Å². The van der Waals surface area contributed by atoms with Crippen molar-refractivity contribution in [2.45, 2.75) is 13.8 Å². The summed E-state index contributed by atoms with van der Waals surface area (Å²) < 4.78 is 0. The van der Waals surface area contributed by atoms with Gasteiger partial charge in [0.05, 0.1) is 11.4 Å². The standard InChI is InChI=1S/C14H17N3/c1-8-3-5-10(7-12(8)15)11-6-4-9(2)13(16)14(11)17/h3-7H,15-17H2,1-2H3. The SMILES string of the molecule is Cc1ccc(-c2ccc(C)c(N)c2N)cc1N. The Labute approximate surface area is 101 Å². The molecular formula is C14H17N3. The molecule has 0 atom stereocenters. The topological polar surface area (TPSA) is 78.1 Å². The molecule has 3 nitrogen and oxygen atoms in total. The normalized spacial score (nSPS) is 10.5. The Kier molecular flexibility index (Phi) is 2.68. The van der Waals surface area contributed by atoms with Crippen LogP contribution in [0, 0.1) is 13.8 Å². The highest BCUT2D eigenvalue weighted by Crippen LogP contribution is 2.33. The number of nitrogens with two attached hydrogens (primary N) is 3. The molecule has 0 amide bonds. The lowest BCUT2D eigenvalue weighted by Gasteiger charge is -2.12. The Morgan fingerprint density at radius 1 is 0.765 bits per heavy atom. The molecule has 0 aromatic heterocycles. The van der Waals surface area contributed by atoms with Crippen LogP contribution in [-0.4, -0.2) is 0 Å². The Morgan fingerprint density at radius 2 is 1.41 bits per heavy atom. The van der Waals surface area contributed by atoms with E-state index in [-0.39, 0.29) is 0 Å². The summed E-state index contributed by atoms with van der Waals surface area (Å²) in [6, 6.07) is 9.87. The van der Waals surface area contributed by atoms with Gasteiger partial charge < -0.3 is 17.2 Å². The van der Waals surface area contributed by atoms with Crippen LogP contribution in [-0.2, 0) is 0 Å². The Morgan fingerprint density at radius 3 is 2.06 bits per heavy atom. The molecule has 88 valence electrons. The second-order valence-corrected chi connectivity index (χ2v) is 4.33. The quantitative estimate of drug-likeness (QED) is 0.655. The maximum Gasteiger partial charge on any atom is 0.0630 e. The minimum Gasteiger partial charge on any atom is -0.398 e. The third kappa shape index (κ3) is 1.91. The fourth-order valence-electron chi connectivity index (χ4n) is 1.81. The van der Waals surface area contributed by atoms with Crippen molar-refractivity contribution in [2.24, 2.45) is 0 Å². The van der Waals surface area contributed by atoms with Crippen molar-refractivity contribution in [3.05, 3.63) is 41.5 Å². The van der Waals surface area contributed by atoms with Gasteiger partial charge in [0, 0.05) is 11.3 Å². The Hall–Kier alpha value is -2.16. The van der Waals surface area contributed by atoms with Crippen LogP contribution >= 0.6 is 0 Å². The molecule has 0 spiro atoms. The molecule has 0 unspecified atom stereocenters. The van der Waals surface area contributed by atoms with E-state index in [0.717, 1.165) is 27.9 Å². The van der Waals surface area contributed by atoms with Crippen molar-refractivity contribution in [3.63, 3.8) is 0 Å². The molecule has 17 heavy (non-hydrogen) atoms. The summed E-state index contributed by atoms with van der Waals surface area (Å²) in [5, 5.41) is 0. The number of anilines is 3. The summed E-state index contributed by atoms with van der Waals surface area (Å²) in [6.45, 7) is 3.92. The van der Waals surface area contributed by atoms with E-state index in [0.29, 0.717) is 11.4 Å². The summed E-state index contributed by atoms with van der Waals surface area (Å²) >= 11 is 0. The van der Waals surface area contributed by atoms with E-state index in [4.69, 9.17) is 17.2 Å². The van der Waals surface area contributed by atoms with Gasteiger partial charge >= 0.3 is 0 Å². The summed E-state index contributed by atoms with van der Waals surface area (Å²) in [5.41, 5.74) is 23.9. The lowest BCUT2D eigenvalue weighted by Crippen LogP contribution is -2.00. The zero-order valence-corrected chi connectivity index (χ0v) is 10.1. The third-order valence-corrected chi connectivity index (χ3v) is 3.10. The van der Waals surface area contributed by atoms with Crippen LogP contribution in [0.3, 0.4) is 0 Å². The summed E-state index contributed by atoms with van der Waals surface area (Å²) in [6.07, 6.45) is 0. The molecule has 0 aliphatic carbocycles. The zero-order valence-electron chi connectivity index (χ0n) is 10.1. The Balaban J connectivity index is 2.61. The first kappa shape index (κ1) is 11.3. The van der Waals surface area contributed by atoms with Crippen LogP contribution < -0.4 is 17.2 Å². The molecule has 0 bridgehead atoms. The van der Waals surface area contributed by atoms with E-state index in [9.17, 15) is 0 Å². The van der Waals surface area contributed by atoms with Crippen molar-refractivity contribution in [1.29, 1.82) is 0 Å². The highest BCUT2D eigenvalue weighted by molar-refractivity contribution is 5.86. The molecule has 0 aliphatic rings. The fraction of sp³-hybridized carbons (Fsp3) is 0.143. The first-order valence-corrected chi connectivity index (χ1v) is 5.51. The minimum atomic E-state index is 0.619. The van der Waals surface area contributed by atoms with Crippen LogP contribution in [0.4, 0.5) is 17.1 Å². The number of benzene rings is 2. The van der Waals surface area contributed by atoms with Crippen molar-refractivity contribution >= 4 is 17.1 Å². The molecule has 0 saturated carbocycles. The average molecular weight is 227 g/mol. The van der Waals surface area contributed by atoms with E-state index in [1.807, 2.05) is 44.2 Å². The van der Waals surface area contributed by atoms with Gasteiger partial charge in [-0.2, -0.15) is 0 Å². The van der Waals surface area contributed by atoms with E-state index < -0.39 is 0 Å². The van der Waals surface area contributed by atoms with Crippen LogP contribution in [0.1, 0.15) is 11.1 Å². The maximum atomic E-state index is 6.04. The van der Waals surface area contributed by atoms with Gasteiger partial charge in [-0.25, -0.2) is 0 Å². The molecule has 2 aromatic carbocycles. The largest absolute Gasteiger partial charge is 0.398 e. The lowest BCUT2D eigenvalue weighted by atomic mass is 9.99. The summed E-state index contributed by atoms with van der Waals surface area (Å²) in [4.78, 5) is 0. The monoisotopic (exact) mass is 227 g/mol. The molecule has 0 radical (unpaired) electrons. The van der Waals surface area contributed by atoms with E-state index in [1.54, 1.807) is 0 Å². The number of rotatable bonds is 1. The average Bonchev–Trinajstić information content (AvgIpc) is 2.30. The van der Waals surface area contributed by atoms with Gasteiger partial charge in [0.2, 0.25) is 0 Å². The number of aryl methyl sites for hydroxylation is 2. The minimum absolute atomic E-state index is 0.619. The molecule has 0 aliphatic heterocycles. The highest BCUT2D eigenvalue weighted by Gasteiger charge is 2.08. The van der Waals surface area contributed by atoms with Crippen molar-refractivity contribution in [2.75, 3.05) is 17.2 Å². The molecule has 0 fully saturated rings. The maximum absolute atomic E-state index is 6.04. The van der Waals surface area contributed by atoms with Gasteiger partial charge in [-0.15, -0.1) is 0 Å². The van der Waals surface area contributed by atoms with Crippen molar-refractivity contribution in [3.8, 4) is 11.1 Å². The van der Waals surface area contributed by atoms with Gasteiger partial charge in [-0.3, -0.25) is 0 Å². The first-order valence-electron chi connectivity index (χ1n) is 5.51. The molecule has 0 saturated heterocycles. The van der Waals surface area contributed by atoms with Crippen molar-refractivity contribution in [1.82, 2.24) is 0 Å². The smallest absolute Gasteiger partial charge is 0.0630 e. The molecule has 0 heterocycles. The van der Waals surface area contributed by atoms with Crippen LogP contribution in [0.25, 0.3) is 11.1 Å². The summed E-state index contributed by atoms with van der Waals surface area (Å²) in [5.74, 6) is 0. The van der Waals surface area contributed by atoms with Crippen LogP contribution in [0.5, 0.6) is 0 Å². The third-order valence-electron chi connectivity index (χ3n) is 3.10. The number of hydrogen-bond donors (Lipinski definition) is 3. The first-order chi connectivity index (χ1) is 8.00. The Bertz CT molecular complexity index is 574. The van der Waals surface area contributed by atoms with E-state index >= 15 is 0 Å². The number of hydrogen-bond acceptors (Lipinski definition) is 3. The van der Waals surface area contributed by atoms with Crippen LogP contribution in [0.2, 0.25) is 0 Å².